The number of aryl methyl sites for hydroxylation is 2. The van der Waals surface area contributed by atoms with Gasteiger partial charge in [-0.05, 0) is 73.1 Å². The standard InChI is InChI=1S/C22H29N3O3/c1-14-10-21(2,3)13-22(11-14)19(27)25(20(28)24-22)12-18(26)23-17-8-7-15-5-4-6-16(15)9-17/h7-9,14H,4-6,10-13H2,1-3H3,(H,23,26)(H,24,28)/t14-,22-/m0/s1. The maximum absolute atomic E-state index is 13.1. The third kappa shape index (κ3) is 3.40. The Morgan fingerprint density at radius 1 is 1.21 bits per heavy atom. The molecule has 2 N–H and O–H groups in total. The van der Waals surface area contributed by atoms with Crippen molar-refractivity contribution in [1.29, 1.82) is 0 Å². The van der Waals surface area contributed by atoms with Crippen LogP contribution in [0.25, 0.3) is 0 Å². The van der Waals surface area contributed by atoms with Gasteiger partial charge in [0.25, 0.3) is 5.91 Å². The quantitative estimate of drug-likeness (QED) is 0.787. The first-order valence-electron chi connectivity index (χ1n) is 10.2. The first kappa shape index (κ1) is 19.0. The summed E-state index contributed by atoms with van der Waals surface area (Å²) in [7, 11) is 0. The number of anilines is 1. The molecule has 4 rings (SSSR count). The molecule has 1 aliphatic heterocycles. The van der Waals surface area contributed by atoms with Crippen LogP contribution in [0.2, 0.25) is 0 Å². The normalized spacial score (nSPS) is 28.4. The molecule has 2 aliphatic carbocycles. The molecule has 4 amide bonds. The SMILES string of the molecule is C[C@H]1CC(C)(C)C[C@]2(C1)NC(=O)N(CC(=O)Nc1ccc3c(c1)CCC3)C2=O. The van der Waals surface area contributed by atoms with E-state index < -0.39 is 11.6 Å². The molecule has 0 aromatic heterocycles. The monoisotopic (exact) mass is 383 g/mol. The van der Waals surface area contributed by atoms with Crippen LogP contribution in [0.15, 0.2) is 18.2 Å². The second kappa shape index (κ2) is 6.61. The molecule has 1 heterocycles. The van der Waals surface area contributed by atoms with E-state index in [0.717, 1.165) is 36.3 Å². The second-order valence-electron chi connectivity index (χ2n) is 9.64. The lowest BCUT2D eigenvalue weighted by Gasteiger charge is -2.43. The topological polar surface area (TPSA) is 78.5 Å². The van der Waals surface area contributed by atoms with E-state index in [4.69, 9.17) is 0 Å². The van der Waals surface area contributed by atoms with E-state index in [0.29, 0.717) is 18.8 Å². The summed E-state index contributed by atoms with van der Waals surface area (Å²) in [6.07, 6.45) is 5.52. The van der Waals surface area contributed by atoms with Crippen molar-refractivity contribution in [2.24, 2.45) is 11.3 Å². The van der Waals surface area contributed by atoms with Gasteiger partial charge in [-0.1, -0.05) is 26.8 Å². The highest BCUT2D eigenvalue weighted by atomic mass is 16.2. The summed E-state index contributed by atoms with van der Waals surface area (Å²) in [4.78, 5) is 39.3. The van der Waals surface area contributed by atoms with Gasteiger partial charge in [0.1, 0.15) is 12.1 Å². The van der Waals surface area contributed by atoms with Crippen molar-refractivity contribution < 1.29 is 14.4 Å². The van der Waals surface area contributed by atoms with Gasteiger partial charge in [0.2, 0.25) is 5.91 Å². The van der Waals surface area contributed by atoms with Crippen LogP contribution in [0.3, 0.4) is 0 Å². The van der Waals surface area contributed by atoms with Crippen molar-refractivity contribution in [3.63, 3.8) is 0 Å². The number of benzene rings is 1. The Hall–Kier alpha value is -2.37. The average Bonchev–Trinajstić information content (AvgIpc) is 3.11. The highest BCUT2D eigenvalue weighted by Crippen LogP contribution is 2.46. The number of hydrogen-bond donors (Lipinski definition) is 2. The number of nitrogens with zero attached hydrogens (tertiary/aromatic N) is 1. The predicted octanol–water partition coefficient (Wildman–Crippen LogP) is 3.25. The molecule has 1 aromatic rings. The van der Waals surface area contributed by atoms with E-state index in [9.17, 15) is 14.4 Å². The molecule has 150 valence electrons. The molecule has 28 heavy (non-hydrogen) atoms. The summed E-state index contributed by atoms with van der Waals surface area (Å²) in [6, 6.07) is 5.48. The van der Waals surface area contributed by atoms with Crippen LogP contribution in [0.4, 0.5) is 10.5 Å². The van der Waals surface area contributed by atoms with Crippen molar-refractivity contribution >= 4 is 23.5 Å². The number of carbonyl (C=O) groups excluding carboxylic acids is 3. The Bertz CT molecular complexity index is 847. The number of hydrogen-bond acceptors (Lipinski definition) is 3. The van der Waals surface area contributed by atoms with Crippen LogP contribution >= 0.6 is 0 Å². The number of carbonyl (C=O) groups is 3. The largest absolute Gasteiger partial charge is 0.325 e. The van der Waals surface area contributed by atoms with E-state index in [-0.39, 0.29) is 23.8 Å². The number of rotatable bonds is 3. The van der Waals surface area contributed by atoms with Crippen LogP contribution in [0, 0.1) is 11.3 Å². The summed E-state index contributed by atoms with van der Waals surface area (Å²) in [5, 5.41) is 5.76. The van der Waals surface area contributed by atoms with Crippen LogP contribution in [-0.4, -0.2) is 34.8 Å². The first-order valence-corrected chi connectivity index (χ1v) is 10.2. The zero-order chi connectivity index (χ0) is 20.1. The fourth-order valence-electron chi connectivity index (χ4n) is 5.64. The van der Waals surface area contributed by atoms with Crippen molar-refractivity contribution in [2.75, 3.05) is 11.9 Å². The lowest BCUT2D eigenvalue weighted by Crippen LogP contribution is -2.54. The molecule has 1 saturated carbocycles. The zero-order valence-corrected chi connectivity index (χ0v) is 16.9. The zero-order valence-electron chi connectivity index (χ0n) is 16.9. The van der Waals surface area contributed by atoms with Crippen molar-refractivity contribution in [3.05, 3.63) is 29.3 Å². The van der Waals surface area contributed by atoms with Gasteiger partial charge in [-0.25, -0.2) is 4.79 Å². The van der Waals surface area contributed by atoms with Gasteiger partial charge in [0.05, 0.1) is 0 Å². The Balaban J connectivity index is 1.45. The number of urea groups is 1. The highest BCUT2D eigenvalue weighted by molar-refractivity contribution is 6.10. The molecule has 1 spiro atoms. The van der Waals surface area contributed by atoms with Crippen molar-refractivity contribution in [2.45, 2.75) is 64.8 Å². The maximum atomic E-state index is 13.1. The van der Waals surface area contributed by atoms with Crippen molar-refractivity contribution in [1.82, 2.24) is 10.2 Å². The van der Waals surface area contributed by atoms with E-state index in [1.54, 1.807) is 0 Å². The molecule has 6 heteroatoms. The number of amides is 4. The Labute approximate surface area is 166 Å². The van der Waals surface area contributed by atoms with E-state index >= 15 is 0 Å². The molecule has 3 aliphatic rings. The van der Waals surface area contributed by atoms with Crippen LogP contribution in [0.1, 0.15) is 57.6 Å². The van der Waals surface area contributed by atoms with Crippen LogP contribution in [-0.2, 0) is 22.4 Å². The summed E-state index contributed by atoms with van der Waals surface area (Å²) in [6.45, 7) is 6.13. The van der Waals surface area contributed by atoms with Gasteiger partial charge >= 0.3 is 6.03 Å². The van der Waals surface area contributed by atoms with Gasteiger partial charge in [-0.15, -0.1) is 0 Å². The molecule has 6 nitrogen and oxygen atoms in total. The molecule has 0 bridgehead atoms. The lowest BCUT2D eigenvalue weighted by molar-refractivity contribution is -0.136. The second-order valence-corrected chi connectivity index (χ2v) is 9.64. The summed E-state index contributed by atoms with van der Waals surface area (Å²) in [5.41, 5.74) is 2.43. The summed E-state index contributed by atoms with van der Waals surface area (Å²) in [5.74, 6) is -0.268. The number of imide groups is 1. The van der Waals surface area contributed by atoms with Crippen LogP contribution in [0.5, 0.6) is 0 Å². The van der Waals surface area contributed by atoms with Gasteiger partial charge in [0.15, 0.2) is 0 Å². The molecule has 0 radical (unpaired) electrons. The molecule has 0 unspecified atom stereocenters. The fourth-order valence-corrected chi connectivity index (χ4v) is 5.64. The predicted molar refractivity (Wildman–Crippen MR) is 107 cm³/mol. The molecule has 1 aromatic carbocycles. The molecule has 1 saturated heterocycles. The van der Waals surface area contributed by atoms with Gasteiger partial charge < -0.3 is 10.6 Å². The lowest BCUT2D eigenvalue weighted by atomic mass is 9.64. The van der Waals surface area contributed by atoms with E-state index in [1.807, 2.05) is 18.2 Å². The molecule has 2 fully saturated rings. The minimum atomic E-state index is -0.869. The highest BCUT2D eigenvalue weighted by Gasteiger charge is 2.56. The molecular formula is C22H29N3O3. The maximum Gasteiger partial charge on any atom is 0.325 e. The van der Waals surface area contributed by atoms with Crippen LogP contribution < -0.4 is 10.6 Å². The Morgan fingerprint density at radius 3 is 2.71 bits per heavy atom. The Kier molecular flexibility index (Phi) is 4.47. The first-order chi connectivity index (χ1) is 13.2. The van der Waals surface area contributed by atoms with Gasteiger partial charge in [-0.2, -0.15) is 0 Å². The average molecular weight is 383 g/mol. The fraction of sp³-hybridized carbons (Fsp3) is 0.591. The Morgan fingerprint density at radius 2 is 1.96 bits per heavy atom. The third-order valence-corrected chi connectivity index (χ3v) is 6.31. The number of fused-ring (bicyclic) bond motifs is 1. The molecule has 2 atom stereocenters. The minimum absolute atomic E-state index is 0.0245. The van der Waals surface area contributed by atoms with E-state index in [1.165, 1.54) is 11.1 Å². The smallest absolute Gasteiger partial charge is 0.325 e. The molecular weight excluding hydrogens is 354 g/mol. The van der Waals surface area contributed by atoms with Gasteiger partial charge in [-0.3, -0.25) is 14.5 Å². The van der Waals surface area contributed by atoms with Gasteiger partial charge in [0, 0.05) is 5.69 Å². The number of nitrogens with one attached hydrogen (secondary N) is 2. The summed E-state index contributed by atoms with van der Waals surface area (Å²) >= 11 is 0. The minimum Gasteiger partial charge on any atom is -0.325 e. The summed E-state index contributed by atoms with van der Waals surface area (Å²) < 4.78 is 0. The van der Waals surface area contributed by atoms with E-state index in [2.05, 4.69) is 31.4 Å². The van der Waals surface area contributed by atoms with Crippen molar-refractivity contribution in [3.8, 4) is 0 Å². The third-order valence-electron chi connectivity index (χ3n) is 6.31.